The Kier molecular flexibility index (Phi) is 8.87. The van der Waals surface area contributed by atoms with Gasteiger partial charge in [-0.3, -0.25) is 0 Å². The Hall–Kier alpha value is -7.94. The van der Waals surface area contributed by atoms with Crippen molar-refractivity contribution in [3.63, 3.8) is 0 Å². The SMILES string of the molecule is c1ccc(-c2ccc(-c3ccc(N(c4ccccc4)c4ccc5c(c4)-c4cc(-c6ccc(-c7ccccc7)cc6)ccc4-c4cc6ccccc6cc4O5)cc3)cc2)cc1. The van der Waals surface area contributed by atoms with Crippen molar-refractivity contribution in [2.75, 3.05) is 4.90 Å². The lowest BCUT2D eigenvalue weighted by Crippen LogP contribution is -2.10. The first kappa shape index (κ1) is 35.2. The second kappa shape index (κ2) is 15.1. The van der Waals surface area contributed by atoms with Gasteiger partial charge in [-0.25, -0.2) is 0 Å². The zero-order chi connectivity index (χ0) is 39.8. The molecule has 10 aromatic rings. The summed E-state index contributed by atoms with van der Waals surface area (Å²) in [5, 5.41) is 2.34. The second-order valence-electron chi connectivity index (χ2n) is 15.3. The van der Waals surface area contributed by atoms with Crippen LogP contribution in [0.25, 0.3) is 77.5 Å². The van der Waals surface area contributed by atoms with E-state index in [0.717, 1.165) is 61.8 Å². The number of benzene rings is 10. The Bertz CT molecular complexity index is 3120. The molecule has 10 aromatic carbocycles. The van der Waals surface area contributed by atoms with Crippen LogP contribution in [0.5, 0.6) is 11.5 Å². The highest BCUT2D eigenvalue weighted by molar-refractivity contribution is 5.99. The van der Waals surface area contributed by atoms with Gasteiger partial charge < -0.3 is 9.64 Å². The second-order valence-corrected chi connectivity index (χ2v) is 15.3. The molecule has 1 aliphatic heterocycles. The van der Waals surface area contributed by atoms with Crippen molar-refractivity contribution < 1.29 is 4.74 Å². The van der Waals surface area contributed by atoms with Crippen LogP contribution in [0.4, 0.5) is 17.1 Å². The summed E-state index contributed by atoms with van der Waals surface area (Å²) in [6.45, 7) is 0. The number of hydrogen-bond donors (Lipinski definition) is 0. The van der Waals surface area contributed by atoms with E-state index in [1.165, 1.54) is 44.3 Å². The third kappa shape index (κ3) is 6.61. The summed E-state index contributed by atoms with van der Waals surface area (Å²) in [5.74, 6) is 1.68. The van der Waals surface area contributed by atoms with E-state index < -0.39 is 0 Å². The number of para-hydroxylation sites is 1. The maximum Gasteiger partial charge on any atom is 0.135 e. The highest BCUT2D eigenvalue weighted by Gasteiger charge is 2.24. The molecule has 1 heterocycles. The summed E-state index contributed by atoms with van der Waals surface area (Å²) in [6, 6.07) is 84.8. The minimum absolute atomic E-state index is 0.827. The van der Waals surface area contributed by atoms with Gasteiger partial charge in [0.2, 0.25) is 0 Å². The standard InChI is InChI=1S/C58H39NO/c1-4-12-40(13-5-1)42-20-22-44(23-21-42)45-28-31-51(32-29-45)59(50-18-8-3-9-19-50)52-33-35-57-56(39-52)54-36-49(46-26-24-43(25-27-46)41-14-6-2-7-15-41)30-34-53(54)55-37-47-16-10-11-17-48(47)38-58(55)60-57/h1-39H. The molecule has 2 heteroatoms. The van der Waals surface area contributed by atoms with Crippen molar-refractivity contribution in [3.05, 3.63) is 237 Å². The van der Waals surface area contributed by atoms with Gasteiger partial charge in [0.25, 0.3) is 0 Å². The summed E-state index contributed by atoms with van der Waals surface area (Å²) in [7, 11) is 0. The zero-order valence-electron chi connectivity index (χ0n) is 32.9. The first-order chi connectivity index (χ1) is 29.7. The highest BCUT2D eigenvalue weighted by atomic mass is 16.5. The number of rotatable bonds is 7. The van der Waals surface area contributed by atoms with Crippen LogP contribution in [0.15, 0.2) is 237 Å². The summed E-state index contributed by atoms with van der Waals surface area (Å²) < 4.78 is 6.93. The van der Waals surface area contributed by atoms with Crippen molar-refractivity contribution >= 4 is 27.8 Å². The van der Waals surface area contributed by atoms with E-state index in [9.17, 15) is 0 Å². The van der Waals surface area contributed by atoms with Crippen LogP contribution in [-0.2, 0) is 0 Å². The van der Waals surface area contributed by atoms with Gasteiger partial charge in [0.05, 0.1) is 0 Å². The van der Waals surface area contributed by atoms with Crippen LogP contribution in [-0.4, -0.2) is 0 Å². The monoisotopic (exact) mass is 765 g/mol. The average Bonchev–Trinajstić information content (AvgIpc) is 3.45. The molecule has 0 spiro atoms. The molecular formula is C58H39NO. The maximum atomic E-state index is 6.93. The molecule has 0 N–H and O–H groups in total. The molecule has 11 rings (SSSR count). The highest BCUT2D eigenvalue weighted by Crippen LogP contribution is 2.51. The van der Waals surface area contributed by atoms with E-state index in [-0.39, 0.29) is 0 Å². The molecule has 0 saturated carbocycles. The van der Waals surface area contributed by atoms with E-state index in [0.29, 0.717) is 0 Å². The van der Waals surface area contributed by atoms with Gasteiger partial charge in [-0.05, 0) is 127 Å². The number of fused-ring (bicyclic) bond motifs is 6. The Balaban J connectivity index is 1.02. The zero-order valence-corrected chi connectivity index (χ0v) is 32.9. The first-order valence-electron chi connectivity index (χ1n) is 20.5. The van der Waals surface area contributed by atoms with Crippen LogP contribution < -0.4 is 9.64 Å². The molecule has 0 atom stereocenters. The fourth-order valence-electron chi connectivity index (χ4n) is 8.57. The molecular weight excluding hydrogens is 727 g/mol. The van der Waals surface area contributed by atoms with E-state index in [1.807, 2.05) is 0 Å². The molecule has 0 aliphatic carbocycles. The molecule has 0 bridgehead atoms. The van der Waals surface area contributed by atoms with Crippen LogP contribution >= 0.6 is 0 Å². The van der Waals surface area contributed by atoms with E-state index in [4.69, 9.17) is 4.74 Å². The van der Waals surface area contributed by atoms with Crippen molar-refractivity contribution in [1.29, 1.82) is 0 Å². The van der Waals surface area contributed by atoms with E-state index >= 15 is 0 Å². The lowest BCUT2D eigenvalue weighted by Gasteiger charge is -2.26. The normalized spacial score (nSPS) is 11.5. The largest absolute Gasteiger partial charge is 0.456 e. The van der Waals surface area contributed by atoms with Gasteiger partial charge in [0, 0.05) is 28.2 Å². The third-order valence-electron chi connectivity index (χ3n) is 11.7. The fourth-order valence-corrected chi connectivity index (χ4v) is 8.57. The van der Waals surface area contributed by atoms with Gasteiger partial charge >= 0.3 is 0 Å². The van der Waals surface area contributed by atoms with E-state index in [1.54, 1.807) is 0 Å². The smallest absolute Gasteiger partial charge is 0.135 e. The first-order valence-corrected chi connectivity index (χ1v) is 20.5. The van der Waals surface area contributed by atoms with Gasteiger partial charge in [0.1, 0.15) is 11.5 Å². The minimum Gasteiger partial charge on any atom is -0.456 e. The van der Waals surface area contributed by atoms with E-state index in [2.05, 4.69) is 241 Å². The third-order valence-corrected chi connectivity index (χ3v) is 11.7. The molecule has 2 nitrogen and oxygen atoms in total. The maximum absolute atomic E-state index is 6.93. The van der Waals surface area contributed by atoms with Crippen LogP contribution in [0.2, 0.25) is 0 Å². The van der Waals surface area contributed by atoms with Gasteiger partial charge in [-0.2, -0.15) is 0 Å². The van der Waals surface area contributed by atoms with Crippen molar-refractivity contribution in [3.8, 4) is 78.3 Å². The van der Waals surface area contributed by atoms with Crippen molar-refractivity contribution in [2.24, 2.45) is 0 Å². The summed E-state index contributed by atoms with van der Waals surface area (Å²) in [5.41, 5.74) is 17.1. The fraction of sp³-hybridized carbons (Fsp3) is 0. The molecule has 0 fully saturated rings. The number of hydrogen-bond acceptors (Lipinski definition) is 2. The molecule has 1 aliphatic rings. The molecule has 60 heavy (non-hydrogen) atoms. The predicted molar refractivity (Wildman–Crippen MR) is 251 cm³/mol. The van der Waals surface area contributed by atoms with Crippen molar-refractivity contribution in [2.45, 2.75) is 0 Å². The molecule has 0 amide bonds. The minimum atomic E-state index is 0.827. The number of anilines is 3. The van der Waals surface area contributed by atoms with Gasteiger partial charge in [0.15, 0.2) is 0 Å². The summed E-state index contributed by atoms with van der Waals surface area (Å²) in [4.78, 5) is 2.33. The van der Waals surface area contributed by atoms with Crippen molar-refractivity contribution in [1.82, 2.24) is 0 Å². The number of ether oxygens (including phenoxy) is 1. The van der Waals surface area contributed by atoms with Gasteiger partial charge in [-0.15, -0.1) is 0 Å². The molecule has 0 unspecified atom stereocenters. The lowest BCUT2D eigenvalue weighted by molar-refractivity contribution is 0.488. The molecule has 282 valence electrons. The Morgan fingerprint density at radius 3 is 1.23 bits per heavy atom. The number of nitrogens with zero attached hydrogens (tertiary/aromatic N) is 1. The average molecular weight is 766 g/mol. The Morgan fingerprint density at radius 2 is 0.650 bits per heavy atom. The summed E-state index contributed by atoms with van der Waals surface area (Å²) in [6.07, 6.45) is 0. The molecule has 0 saturated heterocycles. The Morgan fingerprint density at radius 1 is 0.233 bits per heavy atom. The Labute approximate surface area is 350 Å². The predicted octanol–water partition coefficient (Wildman–Crippen LogP) is 16.4. The van der Waals surface area contributed by atoms with Crippen LogP contribution in [0.3, 0.4) is 0 Å². The van der Waals surface area contributed by atoms with Crippen LogP contribution in [0, 0.1) is 0 Å². The molecule has 0 aromatic heterocycles. The van der Waals surface area contributed by atoms with Gasteiger partial charge in [-0.1, -0.05) is 176 Å². The summed E-state index contributed by atoms with van der Waals surface area (Å²) >= 11 is 0. The topological polar surface area (TPSA) is 12.5 Å². The molecule has 0 radical (unpaired) electrons. The van der Waals surface area contributed by atoms with Crippen LogP contribution in [0.1, 0.15) is 0 Å². The quantitative estimate of drug-likeness (QED) is 0.160. The lowest BCUT2D eigenvalue weighted by atomic mass is 9.89.